The zero-order valence-electron chi connectivity index (χ0n) is 41.0. The molecule has 12 rings (SSSR count). The van der Waals surface area contributed by atoms with Gasteiger partial charge in [-0.1, -0.05) is 152 Å². The summed E-state index contributed by atoms with van der Waals surface area (Å²) in [6.07, 6.45) is -4.86. The van der Waals surface area contributed by atoms with Crippen molar-refractivity contribution in [2.45, 2.75) is 33.9 Å². The van der Waals surface area contributed by atoms with E-state index in [9.17, 15) is 10.5 Å². The van der Waals surface area contributed by atoms with Gasteiger partial charge in [0.15, 0.2) is 0 Å². The van der Waals surface area contributed by atoms with E-state index in [0.717, 1.165) is 116 Å². The Bertz CT molecular complexity index is 4180. The van der Waals surface area contributed by atoms with Crippen molar-refractivity contribution in [1.29, 1.82) is 10.5 Å². The second kappa shape index (κ2) is 17.7. The largest absolute Gasteiger partial charge is 0.417 e. The van der Waals surface area contributed by atoms with Gasteiger partial charge in [-0.15, -0.1) is 0 Å². The first-order chi connectivity index (χ1) is 35.9. The smallest absolute Gasteiger partial charge is 0.309 e. The molecule has 4 nitrogen and oxygen atoms in total. The second-order valence-corrected chi connectivity index (χ2v) is 19.2. The number of alkyl halides is 3. The van der Waals surface area contributed by atoms with Crippen molar-refractivity contribution in [3.05, 3.63) is 239 Å². The highest BCUT2D eigenvalue weighted by Crippen LogP contribution is 2.47. The van der Waals surface area contributed by atoms with Crippen molar-refractivity contribution >= 4 is 43.6 Å². The first-order valence-electron chi connectivity index (χ1n) is 24.5. The fraction of sp³-hybridized carbons (Fsp3) is 0.0746. The molecule has 12 aromatic rings. The molecule has 0 unspecified atom stereocenters. The van der Waals surface area contributed by atoms with Crippen LogP contribution in [0.15, 0.2) is 200 Å². The lowest BCUT2D eigenvalue weighted by Crippen LogP contribution is -2.10. The number of aryl methyl sites for hydroxylation is 4. The maximum atomic E-state index is 15.8. The molecule has 0 bridgehead atoms. The van der Waals surface area contributed by atoms with Crippen LogP contribution in [-0.2, 0) is 6.18 Å². The van der Waals surface area contributed by atoms with E-state index in [1.54, 1.807) is 12.1 Å². The van der Waals surface area contributed by atoms with Crippen LogP contribution < -0.4 is 0 Å². The summed E-state index contributed by atoms with van der Waals surface area (Å²) in [5.41, 5.74) is 15.4. The number of aromatic nitrogens is 2. The van der Waals surface area contributed by atoms with Crippen LogP contribution in [0.1, 0.15) is 38.9 Å². The molecule has 0 fully saturated rings. The molecule has 0 aliphatic rings. The third-order valence-corrected chi connectivity index (χ3v) is 14.8. The first kappa shape index (κ1) is 45.7. The molecule has 74 heavy (non-hydrogen) atoms. The lowest BCUT2D eigenvalue weighted by molar-refractivity contribution is -0.137. The Morgan fingerprint density at radius 1 is 0.351 bits per heavy atom. The highest BCUT2D eigenvalue weighted by Gasteiger charge is 2.36. The molecule has 0 amide bonds. The summed E-state index contributed by atoms with van der Waals surface area (Å²) in [6, 6.07) is 69.6. The van der Waals surface area contributed by atoms with Crippen LogP contribution in [0.4, 0.5) is 13.2 Å². The Labute approximate surface area is 426 Å². The van der Waals surface area contributed by atoms with Gasteiger partial charge in [-0.2, -0.15) is 23.7 Å². The van der Waals surface area contributed by atoms with Gasteiger partial charge in [0.2, 0.25) is 0 Å². The lowest BCUT2D eigenvalue weighted by Gasteiger charge is -2.21. The van der Waals surface area contributed by atoms with Crippen molar-refractivity contribution < 1.29 is 13.2 Å². The van der Waals surface area contributed by atoms with Crippen molar-refractivity contribution in [2.75, 3.05) is 0 Å². The van der Waals surface area contributed by atoms with Gasteiger partial charge in [0, 0.05) is 27.1 Å². The third-order valence-electron chi connectivity index (χ3n) is 14.8. The summed E-state index contributed by atoms with van der Waals surface area (Å²) in [6.45, 7) is 8.26. The summed E-state index contributed by atoms with van der Waals surface area (Å²) in [7, 11) is 0. The van der Waals surface area contributed by atoms with Gasteiger partial charge in [0.05, 0.1) is 56.2 Å². The average molecular weight is 963 g/mol. The number of benzene rings is 10. The quantitative estimate of drug-likeness (QED) is 0.160. The van der Waals surface area contributed by atoms with Crippen LogP contribution in [-0.4, -0.2) is 9.13 Å². The van der Waals surface area contributed by atoms with Gasteiger partial charge in [0.25, 0.3) is 0 Å². The predicted octanol–water partition coefficient (Wildman–Crippen LogP) is 18.2. The fourth-order valence-electron chi connectivity index (χ4n) is 11.1. The topological polar surface area (TPSA) is 57.4 Å². The van der Waals surface area contributed by atoms with Crippen LogP contribution in [0.2, 0.25) is 0 Å². The normalized spacial score (nSPS) is 11.7. The number of fused-ring (bicyclic) bond motifs is 6. The average Bonchev–Trinajstić information content (AvgIpc) is 3.91. The number of hydrogen-bond donors (Lipinski definition) is 0. The molecule has 0 aliphatic carbocycles. The molecule has 0 atom stereocenters. The molecule has 0 spiro atoms. The number of hydrogen-bond acceptors (Lipinski definition) is 2. The minimum absolute atomic E-state index is 0.117. The molecular formula is C67H45F3N4. The molecule has 0 N–H and O–H groups in total. The predicted molar refractivity (Wildman–Crippen MR) is 296 cm³/mol. The summed E-state index contributed by atoms with van der Waals surface area (Å²) in [5, 5.41) is 25.3. The zero-order chi connectivity index (χ0) is 51.0. The first-order valence-corrected chi connectivity index (χ1v) is 24.5. The van der Waals surface area contributed by atoms with E-state index in [4.69, 9.17) is 0 Å². The molecular weight excluding hydrogens is 918 g/mol. The fourth-order valence-corrected chi connectivity index (χ4v) is 11.1. The van der Waals surface area contributed by atoms with E-state index < -0.39 is 11.7 Å². The van der Waals surface area contributed by atoms with E-state index in [1.807, 2.05) is 59.2 Å². The van der Waals surface area contributed by atoms with Gasteiger partial charge in [-0.3, -0.25) is 0 Å². The van der Waals surface area contributed by atoms with Crippen LogP contribution in [0.3, 0.4) is 0 Å². The van der Waals surface area contributed by atoms with Crippen molar-refractivity contribution in [2.24, 2.45) is 0 Å². The monoisotopic (exact) mass is 962 g/mol. The Morgan fingerprint density at radius 2 is 0.716 bits per heavy atom. The van der Waals surface area contributed by atoms with Crippen LogP contribution in [0.25, 0.3) is 111 Å². The highest BCUT2D eigenvalue weighted by molar-refractivity contribution is 6.13. The van der Waals surface area contributed by atoms with Crippen LogP contribution in [0.5, 0.6) is 0 Å². The number of nitrogens with zero attached hydrogens (tertiary/aromatic N) is 4. The molecule has 354 valence electrons. The molecule has 0 radical (unpaired) electrons. The molecule has 7 heteroatoms. The number of halogens is 3. The summed E-state index contributed by atoms with van der Waals surface area (Å²) >= 11 is 0. The van der Waals surface area contributed by atoms with E-state index in [-0.39, 0.29) is 22.3 Å². The van der Waals surface area contributed by atoms with E-state index >= 15 is 13.2 Å². The minimum Gasteiger partial charge on any atom is -0.309 e. The van der Waals surface area contributed by atoms with Crippen molar-refractivity contribution in [1.82, 2.24) is 9.13 Å². The molecule has 10 aromatic carbocycles. The zero-order valence-corrected chi connectivity index (χ0v) is 41.0. The van der Waals surface area contributed by atoms with Crippen molar-refractivity contribution in [3.63, 3.8) is 0 Å². The maximum Gasteiger partial charge on any atom is 0.417 e. The Balaban J connectivity index is 1.25. The molecule has 0 saturated heterocycles. The van der Waals surface area contributed by atoms with Gasteiger partial charge in [-0.25, -0.2) is 0 Å². The van der Waals surface area contributed by atoms with Gasteiger partial charge < -0.3 is 9.13 Å². The van der Waals surface area contributed by atoms with Crippen molar-refractivity contribution in [3.8, 4) is 79.1 Å². The van der Waals surface area contributed by atoms with E-state index in [0.29, 0.717) is 11.4 Å². The SMILES string of the molecule is Cc1ccccc1-c1ccc2c3ccc(-c4ccccc4C)cc3n(-c3cc(-c4ccc(C#N)cc4C(F)(F)F)c(-n4c5cc(-c6ccccc6C)ccc5c5ccc(-c6ccccc6C)cc54)cc3C#N)c2c1. The maximum absolute atomic E-state index is 15.8. The molecule has 2 heterocycles. The van der Waals surface area contributed by atoms with E-state index in [2.05, 4.69) is 160 Å². The Hall–Kier alpha value is -9.43. The summed E-state index contributed by atoms with van der Waals surface area (Å²) in [4.78, 5) is 0. The van der Waals surface area contributed by atoms with Gasteiger partial charge in [-0.05, 0) is 149 Å². The number of nitriles is 2. The summed E-state index contributed by atoms with van der Waals surface area (Å²) in [5.74, 6) is 0. The second-order valence-electron chi connectivity index (χ2n) is 19.2. The van der Waals surface area contributed by atoms with Gasteiger partial charge in [0.1, 0.15) is 6.07 Å². The lowest BCUT2D eigenvalue weighted by atomic mass is 9.93. The summed E-state index contributed by atoms with van der Waals surface area (Å²) < 4.78 is 51.6. The Morgan fingerprint density at radius 3 is 1.05 bits per heavy atom. The standard InChI is InChI=1S/C67H45F3N4/c1-40-13-5-9-17-50(40)45-22-27-55-56-28-23-46(51-18-10-6-14-41(51)2)33-63(56)73(62(55)32-45)61-37-59(54-26-21-44(38-71)31-60(54)67(68,69)70)66(36-49(61)39-72)74-64-34-47(52-19-11-7-15-42(52)3)24-29-57(64)58-30-25-48(35-65(58)74)53-20-12-8-16-43(53)4/h5-37H,1-4H3. The Kier molecular flexibility index (Phi) is 10.9. The minimum atomic E-state index is -4.86. The number of rotatable bonds is 7. The highest BCUT2D eigenvalue weighted by atomic mass is 19.4. The molecule has 0 aliphatic heterocycles. The van der Waals surface area contributed by atoms with Crippen LogP contribution >= 0.6 is 0 Å². The molecule has 0 saturated carbocycles. The molecule has 2 aromatic heterocycles. The van der Waals surface area contributed by atoms with Gasteiger partial charge >= 0.3 is 6.18 Å². The third kappa shape index (κ3) is 7.52. The van der Waals surface area contributed by atoms with E-state index in [1.165, 1.54) is 12.1 Å². The van der Waals surface area contributed by atoms with Crippen LogP contribution in [0, 0.1) is 50.4 Å².